The van der Waals surface area contributed by atoms with E-state index in [2.05, 4.69) is 32.9 Å². The van der Waals surface area contributed by atoms with Crippen molar-refractivity contribution in [2.75, 3.05) is 14.2 Å². The number of hydrogen-bond donors (Lipinski definition) is 2. The fourth-order valence-corrected chi connectivity index (χ4v) is 3.14. The molecule has 0 bridgehead atoms. The lowest BCUT2D eigenvalue weighted by atomic mass is 10.1. The average molecular weight is 523 g/mol. The summed E-state index contributed by atoms with van der Waals surface area (Å²) in [5.74, 6) is 0.481. The van der Waals surface area contributed by atoms with Crippen LogP contribution in [0, 0.1) is 19.7 Å². The van der Waals surface area contributed by atoms with Crippen molar-refractivity contribution < 1.29 is 9.13 Å². The molecule has 0 saturated heterocycles. The lowest BCUT2D eigenvalue weighted by molar-refractivity contribution is 0.386. The van der Waals surface area contributed by atoms with E-state index in [1.54, 1.807) is 13.1 Å². The minimum absolute atomic E-state index is 0. The molecule has 0 saturated carbocycles. The topological polar surface area (TPSA) is 63.5 Å². The van der Waals surface area contributed by atoms with Crippen LogP contribution in [0.1, 0.15) is 22.5 Å². The van der Waals surface area contributed by atoms with E-state index in [-0.39, 0.29) is 35.5 Å². The van der Waals surface area contributed by atoms with Gasteiger partial charge in [0.1, 0.15) is 0 Å². The van der Waals surface area contributed by atoms with Crippen LogP contribution >= 0.6 is 24.0 Å². The maximum atomic E-state index is 13.9. The van der Waals surface area contributed by atoms with Crippen LogP contribution in [0.2, 0.25) is 0 Å². The number of benzene rings is 2. The largest absolute Gasteiger partial charge is 0.494 e. The molecular weight excluding hydrogens is 496 g/mol. The standard InChI is InChI=1S/C22H26FN5O.HI/c1-15-11-16(2)28(27-15)20-8-6-5-7-18(20)14-26-22(24-3)25-13-17-9-10-21(29-4)19(23)12-17;/h5-12H,13-14H2,1-4H3,(H2,24,25,26);1H. The van der Waals surface area contributed by atoms with E-state index >= 15 is 0 Å². The number of aromatic nitrogens is 2. The van der Waals surface area contributed by atoms with Crippen LogP contribution in [0.25, 0.3) is 5.69 Å². The molecule has 6 nitrogen and oxygen atoms in total. The van der Waals surface area contributed by atoms with Gasteiger partial charge in [-0.15, -0.1) is 24.0 Å². The van der Waals surface area contributed by atoms with Crippen molar-refractivity contribution in [2.24, 2.45) is 4.99 Å². The normalized spacial score (nSPS) is 11.0. The minimum Gasteiger partial charge on any atom is -0.494 e. The molecule has 2 N–H and O–H groups in total. The van der Waals surface area contributed by atoms with E-state index in [9.17, 15) is 4.39 Å². The summed E-state index contributed by atoms with van der Waals surface area (Å²) in [5.41, 5.74) is 4.98. The average Bonchev–Trinajstić information content (AvgIpc) is 3.06. The Kier molecular flexibility index (Phi) is 8.64. The third-order valence-electron chi connectivity index (χ3n) is 4.58. The summed E-state index contributed by atoms with van der Waals surface area (Å²) < 4.78 is 20.8. The highest BCUT2D eigenvalue weighted by Gasteiger charge is 2.09. The van der Waals surface area contributed by atoms with Gasteiger partial charge in [0.2, 0.25) is 0 Å². The van der Waals surface area contributed by atoms with Crippen molar-refractivity contribution in [3.63, 3.8) is 0 Å². The summed E-state index contributed by atoms with van der Waals surface area (Å²) in [5, 5.41) is 11.1. The van der Waals surface area contributed by atoms with Crippen molar-refractivity contribution in [3.8, 4) is 11.4 Å². The maximum Gasteiger partial charge on any atom is 0.191 e. The van der Waals surface area contributed by atoms with Gasteiger partial charge >= 0.3 is 0 Å². The van der Waals surface area contributed by atoms with E-state index in [0.717, 1.165) is 28.2 Å². The summed E-state index contributed by atoms with van der Waals surface area (Å²) in [6, 6.07) is 15.1. The summed E-state index contributed by atoms with van der Waals surface area (Å²) in [7, 11) is 3.16. The van der Waals surface area contributed by atoms with Crippen molar-refractivity contribution in [1.82, 2.24) is 20.4 Å². The van der Waals surface area contributed by atoms with Gasteiger partial charge in [-0.3, -0.25) is 4.99 Å². The zero-order valence-electron chi connectivity index (χ0n) is 17.6. The lowest BCUT2D eigenvalue weighted by Gasteiger charge is -2.15. The molecule has 0 radical (unpaired) electrons. The Morgan fingerprint density at radius 3 is 2.47 bits per heavy atom. The van der Waals surface area contributed by atoms with Crippen LogP contribution in [0.5, 0.6) is 5.75 Å². The Labute approximate surface area is 193 Å². The first-order valence-corrected chi connectivity index (χ1v) is 9.40. The predicted molar refractivity (Wildman–Crippen MR) is 128 cm³/mol. The second kappa shape index (κ2) is 11.0. The fourth-order valence-electron chi connectivity index (χ4n) is 3.14. The lowest BCUT2D eigenvalue weighted by Crippen LogP contribution is -2.36. The fraction of sp³-hybridized carbons (Fsp3) is 0.273. The first-order valence-electron chi connectivity index (χ1n) is 9.40. The van der Waals surface area contributed by atoms with Gasteiger partial charge in [0, 0.05) is 25.8 Å². The smallest absolute Gasteiger partial charge is 0.191 e. The zero-order valence-corrected chi connectivity index (χ0v) is 19.9. The van der Waals surface area contributed by atoms with Crippen LogP contribution in [0.4, 0.5) is 4.39 Å². The molecule has 0 spiro atoms. The molecule has 3 aromatic rings. The van der Waals surface area contributed by atoms with Crippen molar-refractivity contribution in [2.45, 2.75) is 26.9 Å². The van der Waals surface area contributed by atoms with E-state index < -0.39 is 0 Å². The van der Waals surface area contributed by atoms with Gasteiger partial charge in [0.15, 0.2) is 17.5 Å². The number of para-hydroxylation sites is 1. The Bertz CT molecular complexity index is 1020. The number of rotatable bonds is 6. The molecule has 8 heteroatoms. The zero-order chi connectivity index (χ0) is 20.8. The van der Waals surface area contributed by atoms with Gasteiger partial charge in [0.25, 0.3) is 0 Å². The summed E-state index contributed by atoms with van der Waals surface area (Å²) in [6.45, 7) is 5.04. The molecule has 30 heavy (non-hydrogen) atoms. The number of ether oxygens (including phenoxy) is 1. The quantitative estimate of drug-likeness (QED) is 0.290. The molecule has 0 aliphatic heterocycles. The van der Waals surface area contributed by atoms with Gasteiger partial charge < -0.3 is 15.4 Å². The first-order chi connectivity index (χ1) is 14.0. The maximum absolute atomic E-state index is 13.9. The van der Waals surface area contributed by atoms with Crippen LogP contribution < -0.4 is 15.4 Å². The van der Waals surface area contributed by atoms with Gasteiger partial charge in [-0.25, -0.2) is 9.07 Å². The van der Waals surface area contributed by atoms with Crippen molar-refractivity contribution in [1.29, 1.82) is 0 Å². The molecule has 1 aromatic heterocycles. The predicted octanol–water partition coefficient (Wildman–Crippen LogP) is 4.12. The summed E-state index contributed by atoms with van der Waals surface area (Å²) >= 11 is 0. The molecule has 160 valence electrons. The molecular formula is C22H27FIN5O. The Morgan fingerprint density at radius 2 is 1.83 bits per heavy atom. The number of guanidine groups is 1. The van der Waals surface area contributed by atoms with Crippen molar-refractivity contribution in [3.05, 3.63) is 76.9 Å². The van der Waals surface area contributed by atoms with E-state index in [4.69, 9.17) is 4.74 Å². The number of methoxy groups -OCH3 is 1. The number of aliphatic imine (C=N–C) groups is 1. The summed E-state index contributed by atoms with van der Waals surface area (Å²) in [4.78, 5) is 4.25. The highest BCUT2D eigenvalue weighted by Crippen LogP contribution is 2.18. The monoisotopic (exact) mass is 523 g/mol. The molecule has 0 amide bonds. The molecule has 0 atom stereocenters. The molecule has 0 unspecified atom stereocenters. The Balaban J connectivity index is 0.00000320. The molecule has 3 rings (SSSR count). The number of nitrogens with one attached hydrogen (secondary N) is 2. The van der Waals surface area contributed by atoms with E-state index in [1.165, 1.54) is 13.2 Å². The molecule has 1 heterocycles. The second-order valence-corrected chi connectivity index (χ2v) is 6.72. The van der Waals surface area contributed by atoms with Crippen molar-refractivity contribution >= 4 is 29.9 Å². The third-order valence-corrected chi connectivity index (χ3v) is 4.58. The van der Waals surface area contributed by atoms with Crippen LogP contribution in [0.3, 0.4) is 0 Å². The molecule has 0 aliphatic carbocycles. The Morgan fingerprint density at radius 1 is 1.10 bits per heavy atom. The summed E-state index contributed by atoms with van der Waals surface area (Å²) in [6.07, 6.45) is 0. The number of aryl methyl sites for hydroxylation is 2. The molecule has 0 aliphatic rings. The number of halogens is 2. The second-order valence-electron chi connectivity index (χ2n) is 6.72. The van der Waals surface area contributed by atoms with Gasteiger partial charge in [-0.1, -0.05) is 24.3 Å². The highest BCUT2D eigenvalue weighted by atomic mass is 127. The van der Waals surface area contributed by atoms with Crippen LogP contribution in [0.15, 0.2) is 53.5 Å². The number of hydrogen-bond acceptors (Lipinski definition) is 3. The third kappa shape index (κ3) is 5.71. The minimum atomic E-state index is -0.381. The highest BCUT2D eigenvalue weighted by molar-refractivity contribution is 14.0. The van der Waals surface area contributed by atoms with Crippen LogP contribution in [-0.4, -0.2) is 29.9 Å². The SMILES string of the molecule is CN=C(NCc1ccc(OC)c(F)c1)NCc1ccccc1-n1nc(C)cc1C.I. The van der Waals surface area contributed by atoms with E-state index in [1.807, 2.05) is 42.8 Å². The number of nitrogens with zero attached hydrogens (tertiary/aromatic N) is 3. The van der Waals surface area contributed by atoms with Gasteiger partial charge in [-0.05, 0) is 49.2 Å². The molecule has 2 aromatic carbocycles. The first kappa shape index (κ1) is 23.7. The van der Waals surface area contributed by atoms with Gasteiger partial charge in [-0.2, -0.15) is 5.10 Å². The molecule has 0 fully saturated rings. The van der Waals surface area contributed by atoms with Crippen LogP contribution in [-0.2, 0) is 13.1 Å². The Hall–Kier alpha value is -2.62. The van der Waals surface area contributed by atoms with E-state index in [0.29, 0.717) is 19.0 Å². The van der Waals surface area contributed by atoms with Gasteiger partial charge in [0.05, 0.1) is 18.5 Å².